The van der Waals surface area contributed by atoms with Crippen LogP contribution in [0.15, 0.2) is 16.6 Å². The molecule has 0 saturated carbocycles. The third-order valence-electron chi connectivity index (χ3n) is 2.95. The number of ether oxygens (including phenoxy) is 2. The van der Waals surface area contributed by atoms with E-state index in [1.807, 2.05) is 12.1 Å². The molecule has 0 bridgehead atoms. The highest BCUT2D eigenvalue weighted by Gasteiger charge is 2.12. The smallest absolute Gasteiger partial charge is 0.175 e. The highest BCUT2D eigenvalue weighted by atomic mass is 79.9. The van der Waals surface area contributed by atoms with Crippen LogP contribution < -0.4 is 14.8 Å². The monoisotopic (exact) mass is 359 g/mol. The van der Waals surface area contributed by atoms with Crippen molar-refractivity contribution < 1.29 is 14.6 Å². The molecule has 0 heterocycles. The average Bonchev–Trinajstić information content (AvgIpc) is 2.39. The molecule has 1 rings (SSSR count). The predicted molar refractivity (Wildman–Crippen MR) is 89.0 cm³/mol. The predicted octanol–water partition coefficient (Wildman–Crippen LogP) is 3.35. The largest absolute Gasteiger partial charge is 0.493 e. The molecule has 0 aliphatic heterocycles. The number of nitrogens with one attached hydrogen (secondary N) is 1. The first-order valence-electron chi connectivity index (χ1n) is 7.32. The number of aliphatic hydroxyl groups excluding tert-OH is 1. The maximum absolute atomic E-state index is 9.28. The Kier molecular flexibility index (Phi) is 8.07. The molecule has 0 radical (unpaired) electrons. The van der Waals surface area contributed by atoms with Gasteiger partial charge < -0.3 is 19.9 Å². The molecule has 0 aliphatic carbocycles. The fourth-order valence-corrected chi connectivity index (χ4v) is 2.46. The molecule has 1 aromatic carbocycles. The minimum Gasteiger partial charge on any atom is -0.493 e. The average molecular weight is 360 g/mol. The Hall–Kier alpha value is -0.780. The molecule has 0 aliphatic rings. The standard InChI is InChI=1S/C16H26BrNO3/c1-11(2)9-18-10-13-7-14(17)16(15(8-13)20-4)21-6-5-12(3)19/h7-8,11-12,18-19H,5-6,9-10H2,1-4H3. The van der Waals surface area contributed by atoms with Gasteiger partial charge in [0, 0.05) is 13.0 Å². The van der Waals surface area contributed by atoms with Gasteiger partial charge in [-0.3, -0.25) is 0 Å². The molecule has 1 aromatic rings. The molecule has 0 aromatic heterocycles. The summed E-state index contributed by atoms with van der Waals surface area (Å²) < 4.78 is 12.0. The molecule has 1 unspecified atom stereocenters. The van der Waals surface area contributed by atoms with E-state index in [0.29, 0.717) is 30.4 Å². The third-order valence-corrected chi connectivity index (χ3v) is 3.54. The lowest BCUT2D eigenvalue weighted by molar-refractivity contribution is 0.154. The minimum absolute atomic E-state index is 0.366. The number of hydrogen-bond acceptors (Lipinski definition) is 4. The zero-order valence-corrected chi connectivity index (χ0v) is 14.9. The first-order chi connectivity index (χ1) is 9.93. The van der Waals surface area contributed by atoms with Gasteiger partial charge in [0.2, 0.25) is 0 Å². The minimum atomic E-state index is -0.366. The molecule has 21 heavy (non-hydrogen) atoms. The number of aliphatic hydroxyl groups is 1. The summed E-state index contributed by atoms with van der Waals surface area (Å²) >= 11 is 3.53. The van der Waals surface area contributed by atoms with Crippen molar-refractivity contribution in [3.63, 3.8) is 0 Å². The van der Waals surface area contributed by atoms with E-state index in [1.54, 1.807) is 14.0 Å². The molecule has 5 heteroatoms. The zero-order valence-electron chi connectivity index (χ0n) is 13.3. The number of rotatable bonds is 9. The maximum atomic E-state index is 9.28. The lowest BCUT2D eigenvalue weighted by Gasteiger charge is -2.15. The molecule has 0 saturated heterocycles. The summed E-state index contributed by atoms with van der Waals surface area (Å²) in [6.45, 7) is 8.34. The molecule has 4 nitrogen and oxygen atoms in total. The van der Waals surface area contributed by atoms with Crippen LogP contribution in [-0.2, 0) is 6.54 Å². The van der Waals surface area contributed by atoms with Gasteiger partial charge in [-0.15, -0.1) is 0 Å². The summed E-state index contributed by atoms with van der Waals surface area (Å²) in [5.74, 6) is 2.01. The van der Waals surface area contributed by atoms with Gasteiger partial charge in [0.1, 0.15) is 0 Å². The third kappa shape index (κ3) is 6.68. The summed E-state index contributed by atoms with van der Waals surface area (Å²) in [6, 6.07) is 4.02. The van der Waals surface area contributed by atoms with Crippen molar-refractivity contribution >= 4 is 15.9 Å². The number of halogens is 1. The molecular formula is C16H26BrNO3. The van der Waals surface area contributed by atoms with Crippen LogP contribution in [0.25, 0.3) is 0 Å². The Morgan fingerprint density at radius 3 is 2.57 bits per heavy atom. The van der Waals surface area contributed by atoms with E-state index >= 15 is 0 Å². The van der Waals surface area contributed by atoms with Crippen molar-refractivity contribution in [3.8, 4) is 11.5 Å². The van der Waals surface area contributed by atoms with Crippen molar-refractivity contribution in [2.24, 2.45) is 5.92 Å². The van der Waals surface area contributed by atoms with Crippen molar-refractivity contribution in [2.75, 3.05) is 20.3 Å². The van der Waals surface area contributed by atoms with Crippen molar-refractivity contribution in [1.29, 1.82) is 0 Å². The van der Waals surface area contributed by atoms with Crippen molar-refractivity contribution in [2.45, 2.75) is 39.8 Å². The summed E-state index contributed by atoms with van der Waals surface area (Å²) in [7, 11) is 1.63. The van der Waals surface area contributed by atoms with E-state index < -0.39 is 0 Å². The molecule has 2 N–H and O–H groups in total. The summed E-state index contributed by atoms with van der Waals surface area (Å²) in [6.07, 6.45) is 0.224. The van der Waals surface area contributed by atoms with Crippen molar-refractivity contribution in [3.05, 3.63) is 22.2 Å². The van der Waals surface area contributed by atoms with Gasteiger partial charge in [-0.25, -0.2) is 0 Å². The Morgan fingerprint density at radius 1 is 1.29 bits per heavy atom. The molecule has 1 atom stereocenters. The highest BCUT2D eigenvalue weighted by Crippen LogP contribution is 2.36. The fraction of sp³-hybridized carbons (Fsp3) is 0.625. The summed E-state index contributed by atoms with van der Waals surface area (Å²) in [5, 5.41) is 12.7. The second kappa shape index (κ2) is 9.28. The van der Waals surface area contributed by atoms with Gasteiger partial charge in [-0.1, -0.05) is 13.8 Å². The second-order valence-corrected chi connectivity index (χ2v) is 6.47. The quantitative estimate of drug-likeness (QED) is 0.709. The Bertz CT molecular complexity index is 436. The van der Waals surface area contributed by atoms with Crippen LogP contribution in [0, 0.1) is 5.92 Å². The van der Waals surface area contributed by atoms with E-state index in [4.69, 9.17) is 9.47 Å². The van der Waals surface area contributed by atoms with Gasteiger partial charge in [0.15, 0.2) is 11.5 Å². The van der Waals surface area contributed by atoms with Gasteiger partial charge in [0.05, 0.1) is 24.3 Å². The molecule has 0 fully saturated rings. The van der Waals surface area contributed by atoms with E-state index in [-0.39, 0.29) is 6.10 Å². The zero-order chi connectivity index (χ0) is 15.8. The maximum Gasteiger partial charge on any atom is 0.175 e. The van der Waals surface area contributed by atoms with Crippen LogP contribution in [-0.4, -0.2) is 31.5 Å². The van der Waals surface area contributed by atoms with Gasteiger partial charge in [0.25, 0.3) is 0 Å². The van der Waals surface area contributed by atoms with Gasteiger partial charge >= 0.3 is 0 Å². The normalized spacial score (nSPS) is 12.5. The SMILES string of the molecule is COc1cc(CNCC(C)C)cc(Br)c1OCCC(C)O. The number of hydrogen-bond donors (Lipinski definition) is 2. The van der Waals surface area contributed by atoms with Gasteiger partial charge in [-0.2, -0.15) is 0 Å². The van der Waals surface area contributed by atoms with E-state index in [2.05, 4.69) is 35.1 Å². The van der Waals surface area contributed by atoms with Crippen LogP contribution in [0.2, 0.25) is 0 Å². The lowest BCUT2D eigenvalue weighted by atomic mass is 10.1. The topological polar surface area (TPSA) is 50.7 Å². The van der Waals surface area contributed by atoms with Crippen molar-refractivity contribution in [1.82, 2.24) is 5.32 Å². The van der Waals surface area contributed by atoms with Crippen LogP contribution >= 0.6 is 15.9 Å². The van der Waals surface area contributed by atoms with E-state index in [9.17, 15) is 5.11 Å². The van der Waals surface area contributed by atoms with Gasteiger partial charge in [-0.05, 0) is 53.0 Å². The second-order valence-electron chi connectivity index (χ2n) is 5.62. The Morgan fingerprint density at radius 2 is 2.00 bits per heavy atom. The number of methoxy groups -OCH3 is 1. The lowest BCUT2D eigenvalue weighted by Crippen LogP contribution is -2.19. The van der Waals surface area contributed by atoms with E-state index in [0.717, 1.165) is 23.1 Å². The van der Waals surface area contributed by atoms with Crippen LogP contribution in [0.3, 0.4) is 0 Å². The van der Waals surface area contributed by atoms with E-state index in [1.165, 1.54) is 0 Å². The molecule has 0 spiro atoms. The first kappa shape index (κ1) is 18.3. The highest BCUT2D eigenvalue weighted by molar-refractivity contribution is 9.10. The Balaban J connectivity index is 2.72. The fourth-order valence-electron chi connectivity index (χ4n) is 1.85. The molecule has 120 valence electrons. The first-order valence-corrected chi connectivity index (χ1v) is 8.11. The summed E-state index contributed by atoms with van der Waals surface area (Å²) in [5.41, 5.74) is 1.14. The van der Waals surface area contributed by atoms with Crippen LogP contribution in [0.1, 0.15) is 32.8 Å². The number of benzene rings is 1. The van der Waals surface area contributed by atoms with Crippen LogP contribution in [0.5, 0.6) is 11.5 Å². The Labute approximate surface area is 136 Å². The molecule has 0 amide bonds. The van der Waals surface area contributed by atoms with Crippen LogP contribution in [0.4, 0.5) is 0 Å². The molecular weight excluding hydrogens is 334 g/mol. The summed E-state index contributed by atoms with van der Waals surface area (Å²) in [4.78, 5) is 0.